The van der Waals surface area contributed by atoms with Crippen LogP contribution in [0.5, 0.6) is 0 Å². The molecule has 5 rings (SSSR count). The second kappa shape index (κ2) is 12.2. The number of rotatable bonds is 10. The predicted molar refractivity (Wildman–Crippen MR) is 162 cm³/mol. The van der Waals surface area contributed by atoms with Crippen LogP contribution in [0.25, 0.3) is 0 Å². The summed E-state index contributed by atoms with van der Waals surface area (Å²) in [5.41, 5.74) is -0.221. The first-order valence-electron chi connectivity index (χ1n) is 16.6. The van der Waals surface area contributed by atoms with Gasteiger partial charge in [-0.3, -0.25) is 20.2 Å². The molecule has 0 amide bonds. The highest BCUT2D eigenvalue weighted by Gasteiger charge is 2.60. The van der Waals surface area contributed by atoms with Crippen molar-refractivity contribution in [3.8, 4) is 0 Å². The number of carbonyl (C=O) groups is 1. The Morgan fingerprint density at radius 1 is 0.929 bits per heavy atom. The lowest BCUT2D eigenvalue weighted by Crippen LogP contribution is -2.53. The Hall–Kier alpha value is -2.51. The minimum absolute atomic E-state index is 0.132. The van der Waals surface area contributed by atoms with E-state index in [1.54, 1.807) is 0 Å². The van der Waals surface area contributed by atoms with Gasteiger partial charge in [0.2, 0.25) is 0 Å². The van der Waals surface area contributed by atoms with Crippen LogP contribution in [0.1, 0.15) is 122 Å². The van der Waals surface area contributed by atoms with Gasteiger partial charge in [-0.05, 0) is 116 Å². The van der Waals surface area contributed by atoms with E-state index in [0.717, 1.165) is 60.6 Å². The summed E-state index contributed by atoms with van der Waals surface area (Å²) < 4.78 is 5.41. The lowest BCUT2D eigenvalue weighted by molar-refractivity contribution is -0.394. The molecule has 0 N–H and O–H groups in total. The fourth-order valence-electron chi connectivity index (χ4n) is 10.6. The van der Waals surface area contributed by atoms with Crippen molar-refractivity contribution >= 4 is 17.3 Å². The number of esters is 1. The number of benzene rings is 1. The monoisotopic (exact) mass is 582 g/mol. The van der Waals surface area contributed by atoms with Crippen LogP contribution in [0.3, 0.4) is 0 Å². The Kier molecular flexibility index (Phi) is 9.01. The molecular weight excluding hydrogens is 532 g/mol. The first-order chi connectivity index (χ1) is 20.0. The number of nitro benzene ring substituents is 2. The molecular formula is C34H50N2O6. The second-order valence-electron chi connectivity index (χ2n) is 15.0. The summed E-state index contributed by atoms with van der Waals surface area (Å²) in [6.07, 6.45) is 17.5. The van der Waals surface area contributed by atoms with Crippen LogP contribution in [-0.2, 0) is 4.74 Å². The Bertz CT molecular complexity index is 1190. The van der Waals surface area contributed by atoms with Crippen molar-refractivity contribution < 1.29 is 19.4 Å². The van der Waals surface area contributed by atoms with Crippen LogP contribution >= 0.6 is 0 Å². The molecule has 1 aromatic carbocycles. The summed E-state index contributed by atoms with van der Waals surface area (Å²) in [7, 11) is 0. The largest absolute Gasteiger partial charge is 0.462 e. The van der Waals surface area contributed by atoms with Gasteiger partial charge in [0.25, 0.3) is 11.4 Å². The zero-order chi connectivity index (χ0) is 30.2. The van der Waals surface area contributed by atoms with E-state index in [9.17, 15) is 25.0 Å². The normalized spacial score (nSPS) is 35.3. The average molecular weight is 583 g/mol. The summed E-state index contributed by atoms with van der Waals surface area (Å²) >= 11 is 0. The summed E-state index contributed by atoms with van der Waals surface area (Å²) in [6, 6.07) is 3.01. The highest BCUT2D eigenvalue weighted by Crippen LogP contribution is 2.68. The van der Waals surface area contributed by atoms with E-state index in [-0.39, 0.29) is 18.1 Å². The van der Waals surface area contributed by atoms with Gasteiger partial charge in [-0.25, -0.2) is 4.79 Å². The molecule has 0 bridgehead atoms. The Morgan fingerprint density at radius 2 is 1.69 bits per heavy atom. The topological polar surface area (TPSA) is 113 Å². The van der Waals surface area contributed by atoms with Gasteiger partial charge in [-0.2, -0.15) is 0 Å². The smallest absolute Gasteiger partial charge is 0.345 e. The third kappa shape index (κ3) is 5.71. The van der Waals surface area contributed by atoms with E-state index in [1.165, 1.54) is 70.6 Å². The van der Waals surface area contributed by atoms with Crippen LogP contribution in [0.4, 0.5) is 11.4 Å². The Labute approximate surface area is 250 Å². The highest BCUT2D eigenvalue weighted by molar-refractivity contribution is 5.94. The molecule has 0 radical (unpaired) electrons. The van der Waals surface area contributed by atoms with E-state index in [2.05, 4.69) is 20.8 Å². The number of hydrogen-bond acceptors (Lipinski definition) is 6. The minimum atomic E-state index is -0.812. The maximum Gasteiger partial charge on any atom is 0.345 e. The van der Waals surface area contributed by atoms with Gasteiger partial charge in [0.1, 0.15) is 5.56 Å². The van der Waals surface area contributed by atoms with Crippen molar-refractivity contribution in [2.75, 3.05) is 6.61 Å². The number of nitro groups is 2. The Morgan fingerprint density at radius 3 is 2.43 bits per heavy atom. The summed E-state index contributed by atoms with van der Waals surface area (Å²) in [6.45, 7) is 9.97. The lowest BCUT2D eigenvalue weighted by atomic mass is 9.44. The van der Waals surface area contributed by atoms with Crippen LogP contribution < -0.4 is 0 Å². The van der Waals surface area contributed by atoms with Crippen molar-refractivity contribution in [3.05, 3.63) is 44.0 Å². The fraction of sp³-hybridized carbons (Fsp3) is 0.794. The van der Waals surface area contributed by atoms with E-state index >= 15 is 0 Å². The van der Waals surface area contributed by atoms with Gasteiger partial charge in [-0.15, -0.1) is 0 Å². The van der Waals surface area contributed by atoms with E-state index in [4.69, 9.17) is 4.74 Å². The molecule has 9 atom stereocenters. The third-order valence-corrected chi connectivity index (χ3v) is 12.8. The minimum Gasteiger partial charge on any atom is -0.462 e. The molecule has 8 heteroatoms. The second-order valence-corrected chi connectivity index (χ2v) is 15.0. The third-order valence-electron chi connectivity index (χ3n) is 12.8. The van der Waals surface area contributed by atoms with E-state index < -0.39 is 27.2 Å². The molecule has 0 aliphatic heterocycles. The molecule has 42 heavy (non-hydrogen) atoms. The molecule has 4 saturated carbocycles. The molecule has 8 nitrogen and oxygen atoms in total. The highest BCUT2D eigenvalue weighted by atomic mass is 16.6. The van der Waals surface area contributed by atoms with Gasteiger partial charge in [-0.1, -0.05) is 53.4 Å². The molecule has 4 aliphatic rings. The number of nitrogens with zero attached hydrogens (tertiary/aromatic N) is 2. The van der Waals surface area contributed by atoms with Crippen LogP contribution in [0, 0.1) is 72.5 Å². The molecule has 0 spiro atoms. The molecule has 2 unspecified atom stereocenters. The first-order valence-corrected chi connectivity index (χ1v) is 16.6. The van der Waals surface area contributed by atoms with Crippen molar-refractivity contribution in [1.82, 2.24) is 0 Å². The molecule has 0 aromatic heterocycles. The van der Waals surface area contributed by atoms with Gasteiger partial charge in [0.05, 0.1) is 22.5 Å². The summed E-state index contributed by atoms with van der Waals surface area (Å²) in [5.74, 6) is 4.53. The maximum absolute atomic E-state index is 12.6. The van der Waals surface area contributed by atoms with Crippen LogP contribution in [0.15, 0.2) is 18.2 Å². The van der Waals surface area contributed by atoms with Gasteiger partial charge in [0, 0.05) is 6.07 Å². The zero-order valence-corrected chi connectivity index (χ0v) is 26.0. The van der Waals surface area contributed by atoms with Crippen molar-refractivity contribution in [3.63, 3.8) is 0 Å². The van der Waals surface area contributed by atoms with E-state index in [1.807, 2.05) is 6.92 Å². The van der Waals surface area contributed by atoms with Gasteiger partial charge < -0.3 is 4.74 Å². The number of carbonyl (C=O) groups excluding carboxylic acids is 1. The zero-order valence-electron chi connectivity index (χ0n) is 26.0. The molecule has 4 fully saturated rings. The quantitative estimate of drug-likeness (QED) is 0.154. The van der Waals surface area contributed by atoms with Gasteiger partial charge >= 0.3 is 5.97 Å². The molecule has 4 aliphatic carbocycles. The molecule has 0 heterocycles. The number of hydrogen-bond donors (Lipinski definition) is 0. The van der Waals surface area contributed by atoms with Crippen LogP contribution in [0.2, 0.25) is 0 Å². The van der Waals surface area contributed by atoms with Gasteiger partial charge in [0.15, 0.2) is 0 Å². The van der Waals surface area contributed by atoms with Crippen molar-refractivity contribution in [1.29, 1.82) is 0 Å². The summed E-state index contributed by atoms with van der Waals surface area (Å²) in [5, 5.41) is 22.4. The Balaban J connectivity index is 1.11. The lowest BCUT2D eigenvalue weighted by Gasteiger charge is -2.61. The van der Waals surface area contributed by atoms with Crippen LogP contribution in [-0.4, -0.2) is 22.4 Å². The van der Waals surface area contributed by atoms with Crippen molar-refractivity contribution in [2.24, 2.45) is 52.3 Å². The molecule has 232 valence electrons. The number of non-ortho nitro benzene ring substituents is 1. The summed E-state index contributed by atoms with van der Waals surface area (Å²) in [4.78, 5) is 33.4. The van der Waals surface area contributed by atoms with E-state index in [0.29, 0.717) is 16.7 Å². The number of ether oxygens (including phenoxy) is 1. The fourth-order valence-corrected chi connectivity index (χ4v) is 10.6. The average Bonchev–Trinajstić information content (AvgIpc) is 3.32. The number of fused-ring (bicyclic) bond motifs is 5. The molecule has 1 aromatic rings. The SMILES string of the molecule is CC(CCC[C@@H](C)[C@H]1CC[C@H]2[C@@H]3CCC4CCCC[C@]4(C)[C@H]3CC[C@]12C)COC(=O)c1ccc([N+](=O)[O-])cc1[N+](=O)[O-]. The maximum atomic E-state index is 12.6. The van der Waals surface area contributed by atoms with Crippen molar-refractivity contribution in [2.45, 2.75) is 111 Å². The molecule has 0 saturated heterocycles. The predicted octanol–water partition coefficient (Wildman–Crippen LogP) is 9.15. The standard InChI is InChI=1S/C34H50N2O6/c1-22(21-42-32(37)27-14-12-25(35(38)39)20-31(27)36(40)41)8-7-9-23(2)28-15-16-29-26-13-11-24-10-5-6-18-33(24,3)30(26)17-19-34(28,29)4/h12,14,20,22-24,26,28-30H,5-11,13,15-19,21H2,1-4H3/t22?,23-,24?,26+,28-,29+,30+,33+,34-/m1/s1. The first kappa shape index (κ1) is 30.9.